The number of hydrogen-bond acceptors (Lipinski definition) is 4. The zero-order valence-corrected chi connectivity index (χ0v) is 43.2. The minimum absolute atomic E-state index is 0.0108. The molecule has 4 heteroatoms. The monoisotopic (exact) mass is 964 g/mol. The van der Waals surface area contributed by atoms with Crippen molar-refractivity contribution >= 4 is 66.4 Å². The molecule has 0 amide bonds. The third kappa shape index (κ3) is 8.36. The van der Waals surface area contributed by atoms with Crippen LogP contribution in [0.15, 0.2) is 224 Å². The zero-order chi connectivity index (χ0) is 51.6. The molecule has 0 fully saturated rings. The molecule has 1 unspecified atom stereocenters. The molecule has 4 nitrogen and oxygen atoms in total. The van der Waals surface area contributed by atoms with Gasteiger partial charge in [0.05, 0.1) is 23.3 Å². The van der Waals surface area contributed by atoms with Gasteiger partial charge in [-0.1, -0.05) is 157 Å². The Kier molecular flexibility index (Phi) is 11.5. The summed E-state index contributed by atoms with van der Waals surface area (Å²) in [6.07, 6.45) is 0. The average Bonchev–Trinajstić information content (AvgIpc) is 3.76. The van der Waals surface area contributed by atoms with Crippen LogP contribution in [0.3, 0.4) is 0 Å². The average molecular weight is 965 g/mol. The van der Waals surface area contributed by atoms with Crippen molar-refractivity contribution < 1.29 is 0 Å². The fraction of sp³-hybridized carbons (Fsp3) is 0.127. The van der Waals surface area contributed by atoms with Gasteiger partial charge in [-0.25, -0.2) is 0 Å². The van der Waals surface area contributed by atoms with Crippen molar-refractivity contribution in [3.63, 3.8) is 0 Å². The number of fused-ring (bicyclic) bond motifs is 9. The molecule has 0 saturated heterocycles. The summed E-state index contributed by atoms with van der Waals surface area (Å²) in [6, 6.07) is 85.8. The Balaban J connectivity index is 1.08. The van der Waals surface area contributed by atoms with E-state index in [0.717, 1.165) is 45.3 Å². The predicted molar refractivity (Wildman–Crippen MR) is 313 cm³/mol. The van der Waals surface area contributed by atoms with Gasteiger partial charge in [0.15, 0.2) is 0 Å². The minimum atomic E-state index is -0.108. The van der Waals surface area contributed by atoms with Gasteiger partial charge in [0.1, 0.15) is 0 Å². The summed E-state index contributed by atoms with van der Waals surface area (Å²) in [6.45, 7) is 13.5. The van der Waals surface area contributed by atoms with Crippen molar-refractivity contribution in [1.82, 2.24) is 0 Å². The highest BCUT2D eigenvalue weighted by Gasteiger charge is 2.33. The Morgan fingerprint density at radius 1 is 0.320 bits per heavy atom. The lowest BCUT2D eigenvalue weighted by Crippen LogP contribution is -2.14. The predicted octanol–water partition coefficient (Wildman–Crippen LogP) is 19.3. The fourth-order valence-electron chi connectivity index (χ4n) is 11.4. The molecule has 0 heterocycles. The number of nitrogens with zero attached hydrogens (tertiary/aromatic N) is 4. The van der Waals surface area contributed by atoms with Crippen molar-refractivity contribution in [2.45, 2.75) is 58.3 Å². The molecule has 1 atom stereocenters. The maximum Gasteiger partial charge on any atom is 0.0991 e. The van der Waals surface area contributed by atoms with E-state index in [1.807, 2.05) is 36.4 Å². The van der Waals surface area contributed by atoms with Crippen LogP contribution in [-0.4, -0.2) is 0 Å². The summed E-state index contributed by atoms with van der Waals surface area (Å²) in [5.41, 5.74) is 18.3. The van der Waals surface area contributed by atoms with Gasteiger partial charge in [0, 0.05) is 40.0 Å². The molecule has 0 aromatic heterocycles. The van der Waals surface area contributed by atoms with E-state index in [4.69, 9.17) is 0 Å². The van der Waals surface area contributed by atoms with Crippen LogP contribution in [0.4, 0.5) is 34.1 Å². The number of benzene rings is 11. The van der Waals surface area contributed by atoms with Crippen molar-refractivity contribution in [2.75, 3.05) is 9.80 Å². The van der Waals surface area contributed by atoms with Crippen molar-refractivity contribution in [1.29, 1.82) is 10.5 Å². The number of hydrogen-bond donors (Lipinski definition) is 0. The van der Waals surface area contributed by atoms with Gasteiger partial charge in [-0.05, 0) is 202 Å². The first-order chi connectivity index (χ1) is 36.4. The van der Waals surface area contributed by atoms with Crippen LogP contribution in [0.25, 0.3) is 54.6 Å². The molecule has 0 bridgehead atoms. The Hall–Kier alpha value is -9.22. The summed E-state index contributed by atoms with van der Waals surface area (Å²) < 4.78 is 0. The van der Waals surface area contributed by atoms with Gasteiger partial charge < -0.3 is 9.80 Å². The van der Waals surface area contributed by atoms with Crippen LogP contribution >= 0.6 is 0 Å². The van der Waals surface area contributed by atoms with E-state index in [2.05, 4.69) is 252 Å². The Bertz CT molecular complexity index is 4070. The molecular weight excluding hydrogens is 909 g/mol. The molecule has 11 aromatic carbocycles. The highest BCUT2D eigenvalue weighted by molar-refractivity contribution is 6.26. The second kappa shape index (κ2) is 18.4. The first-order valence-electron chi connectivity index (χ1n) is 25.9. The van der Waals surface area contributed by atoms with E-state index in [0.29, 0.717) is 11.1 Å². The van der Waals surface area contributed by atoms with Crippen LogP contribution in [0.2, 0.25) is 0 Å². The molecule has 75 heavy (non-hydrogen) atoms. The van der Waals surface area contributed by atoms with Crippen molar-refractivity contribution in [3.8, 4) is 34.4 Å². The molecule has 1 aliphatic carbocycles. The molecule has 0 radical (unpaired) electrons. The molecule has 0 saturated carbocycles. The van der Waals surface area contributed by atoms with E-state index >= 15 is 0 Å². The Morgan fingerprint density at radius 3 is 1.16 bits per heavy atom. The second-order valence-electron chi connectivity index (χ2n) is 22.0. The summed E-state index contributed by atoms with van der Waals surface area (Å²) in [7, 11) is 0. The van der Waals surface area contributed by atoms with Crippen LogP contribution < -0.4 is 9.80 Å². The highest BCUT2D eigenvalue weighted by Crippen LogP contribution is 2.54. The van der Waals surface area contributed by atoms with E-state index < -0.39 is 0 Å². The van der Waals surface area contributed by atoms with Crippen molar-refractivity contribution in [3.05, 3.63) is 263 Å². The van der Waals surface area contributed by atoms with Gasteiger partial charge in [-0.15, -0.1) is 0 Å². The Morgan fingerprint density at radius 2 is 0.693 bits per heavy atom. The largest absolute Gasteiger partial charge is 0.311 e. The molecule has 0 aliphatic heterocycles. The lowest BCUT2D eigenvalue weighted by Gasteiger charge is -2.29. The van der Waals surface area contributed by atoms with Gasteiger partial charge in [0.25, 0.3) is 0 Å². The van der Waals surface area contributed by atoms with Crippen molar-refractivity contribution in [2.24, 2.45) is 0 Å². The molecule has 0 spiro atoms. The van der Waals surface area contributed by atoms with E-state index in [1.54, 1.807) is 0 Å². The van der Waals surface area contributed by atoms with Gasteiger partial charge in [-0.3, -0.25) is 0 Å². The molecule has 0 N–H and O–H groups in total. The smallest absolute Gasteiger partial charge is 0.0991 e. The second-order valence-corrected chi connectivity index (χ2v) is 22.0. The topological polar surface area (TPSA) is 54.1 Å². The summed E-state index contributed by atoms with van der Waals surface area (Å²) in [5.74, 6) is -0.108. The minimum Gasteiger partial charge on any atom is -0.311 e. The number of anilines is 6. The maximum absolute atomic E-state index is 9.88. The van der Waals surface area contributed by atoms with Gasteiger partial charge >= 0.3 is 0 Å². The first kappa shape index (κ1) is 46.8. The summed E-state index contributed by atoms with van der Waals surface area (Å²) in [4.78, 5) is 4.59. The van der Waals surface area contributed by atoms with E-state index in [1.165, 1.54) is 71.3 Å². The maximum atomic E-state index is 9.88. The van der Waals surface area contributed by atoms with Gasteiger partial charge in [-0.2, -0.15) is 10.5 Å². The third-order valence-corrected chi connectivity index (χ3v) is 15.3. The molecule has 11 aromatic rings. The quantitative estimate of drug-likeness (QED) is 0.142. The normalized spacial score (nSPS) is 13.0. The zero-order valence-electron chi connectivity index (χ0n) is 43.2. The number of nitriles is 2. The van der Waals surface area contributed by atoms with E-state index in [-0.39, 0.29) is 16.7 Å². The Labute approximate surface area is 440 Å². The lowest BCUT2D eigenvalue weighted by molar-refractivity contribution is 0.590. The van der Waals surface area contributed by atoms with Crippen LogP contribution in [0.1, 0.15) is 86.4 Å². The van der Waals surface area contributed by atoms with Crippen LogP contribution in [0, 0.1) is 22.7 Å². The number of rotatable bonds is 8. The van der Waals surface area contributed by atoms with Crippen LogP contribution in [0.5, 0.6) is 0 Å². The third-order valence-electron chi connectivity index (χ3n) is 15.3. The van der Waals surface area contributed by atoms with Crippen LogP contribution in [-0.2, 0) is 10.8 Å². The van der Waals surface area contributed by atoms with E-state index in [9.17, 15) is 10.5 Å². The standard InChI is InChI=1S/C71H56N4/c1-70(2,3)49-25-35-54(36-26-49)74(51-29-19-46(44-72)20-30-51)53-33-23-48(24-34-53)57-40-39-56(75(52-31-21-47(45-73)22-32-52)55-37-27-50(28-38-55)71(4,5)6)41-67(57)69-63-18-12-11-17-62(63)66-42-64-60-15-9-7-13-58(60)59-14-8-10-16-61(59)65(64)43-68(66)69/h7-43,69H,1-6H3. The lowest BCUT2D eigenvalue weighted by atomic mass is 9.82. The fourth-order valence-corrected chi connectivity index (χ4v) is 11.4. The highest BCUT2D eigenvalue weighted by atomic mass is 15.1. The molecule has 12 rings (SSSR count). The summed E-state index contributed by atoms with van der Waals surface area (Å²) >= 11 is 0. The molecule has 1 aliphatic rings. The summed E-state index contributed by atoms with van der Waals surface area (Å²) in [5, 5.41) is 27.1. The first-order valence-corrected chi connectivity index (χ1v) is 25.9. The molecule has 360 valence electrons. The SMILES string of the molecule is CC(C)(C)c1ccc(N(c2ccc(C#N)cc2)c2ccc(-c3ccc(N(c4ccc(C#N)cc4)c4ccc(C(C)(C)C)cc4)cc3C3c4ccccc4-c4cc5c6ccccc6c6ccccc6c5cc43)cc2)cc1. The van der Waals surface area contributed by atoms with Gasteiger partial charge in [0.2, 0.25) is 0 Å². The molecular formula is C71H56N4.